The van der Waals surface area contributed by atoms with Crippen LogP contribution in [0.3, 0.4) is 0 Å². The minimum absolute atomic E-state index is 0.230. The molecule has 0 radical (unpaired) electrons. The highest BCUT2D eigenvalue weighted by Gasteiger charge is 2.22. The molecule has 0 aliphatic carbocycles. The van der Waals surface area contributed by atoms with Crippen LogP contribution in [-0.4, -0.2) is 44.5 Å². The fraction of sp³-hybridized carbons (Fsp3) is 0.333. The van der Waals surface area contributed by atoms with Crippen molar-refractivity contribution >= 4 is 32.5 Å². The zero-order valence-corrected chi connectivity index (χ0v) is 18.1. The first-order chi connectivity index (χ1) is 13.2. The number of ether oxygens (including phenoxy) is 1. The van der Waals surface area contributed by atoms with Gasteiger partial charge in [0.1, 0.15) is 12.4 Å². The molecule has 150 valence electrons. The fourth-order valence-corrected chi connectivity index (χ4v) is 4.45. The van der Waals surface area contributed by atoms with E-state index >= 15 is 0 Å². The van der Waals surface area contributed by atoms with E-state index in [4.69, 9.17) is 16.3 Å². The first-order valence-corrected chi connectivity index (χ1v) is 11.0. The highest BCUT2D eigenvalue weighted by atomic mass is 35.5. The lowest BCUT2D eigenvalue weighted by Gasteiger charge is -2.10. The first kappa shape index (κ1) is 20.7. The number of halogens is 1. The van der Waals surface area contributed by atoms with Crippen LogP contribution in [0.1, 0.15) is 25.3 Å². The van der Waals surface area contributed by atoms with Crippen molar-refractivity contribution in [3.63, 3.8) is 0 Å². The summed E-state index contributed by atoms with van der Waals surface area (Å²) < 4.78 is 33.7. The Morgan fingerprint density at radius 1 is 1.11 bits per heavy atom. The molecule has 0 saturated heterocycles. The van der Waals surface area contributed by atoms with E-state index in [-0.39, 0.29) is 4.90 Å². The Balaban J connectivity index is 2.06. The lowest BCUT2D eigenvalue weighted by atomic mass is 10.0. The maximum atomic E-state index is 13.3. The Kier molecular flexibility index (Phi) is 6.03. The van der Waals surface area contributed by atoms with Crippen molar-refractivity contribution in [2.75, 3.05) is 27.2 Å². The van der Waals surface area contributed by atoms with Gasteiger partial charge in [-0.15, -0.1) is 0 Å². The molecule has 0 aliphatic heterocycles. The number of nitrogens with zero attached hydrogens (tertiary/aromatic N) is 2. The molecule has 5 nitrogen and oxygen atoms in total. The maximum absolute atomic E-state index is 13.3. The van der Waals surface area contributed by atoms with Gasteiger partial charge in [0.25, 0.3) is 10.0 Å². The number of benzene rings is 2. The van der Waals surface area contributed by atoms with Crippen molar-refractivity contribution in [1.29, 1.82) is 0 Å². The van der Waals surface area contributed by atoms with Gasteiger partial charge in [0, 0.05) is 17.0 Å². The molecule has 0 amide bonds. The van der Waals surface area contributed by atoms with E-state index in [2.05, 4.69) is 13.8 Å². The van der Waals surface area contributed by atoms with Crippen LogP contribution in [0.5, 0.6) is 5.75 Å². The molecule has 1 heterocycles. The van der Waals surface area contributed by atoms with Crippen LogP contribution >= 0.6 is 11.6 Å². The number of hydrogen-bond donors (Lipinski definition) is 0. The van der Waals surface area contributed by atoms with Crippen LogP contribution in [0.15, 0.2) is 53.6 Å². The summed E-state index contributed by atoms with van der Waals surface area (Å²) in [5.41, 5.74) is 1.59. The number of aromatic nitrogens is 1. The number of hydrogen-bond acceptors (Lipinski definition) is 4. The van der Waals surface area contributed by atoms with E-state index in [0.717, 1.165) is 12.1 Å². The Labute approximate surface area is 171 Å². The largest absolute Gasteiger partial charge is 0.490 e. The van der Waals surface area contributed by atoms with Gasteiger partial charge in [-0.1, -0.05) is 37.6 Å². The van der Waals surface area contributed by atoms with Crippen molar-refractivity contribution in [2.24, 2.45) is 0 Å². The predicted molar refractivity (Wildman–Crippen MR) is 114 cm³/mol. The van der Waals surface area contributed by atoms with Crippen LogP contribution in [0.2, 0.25) is 5.02 Å². The molecule has 0 saturated carbocycles. The monoisotopic (exact) mass is 420 g/mol. The molecule has 7 heteroatoms. The molecule has 0 atom stereocenters. The molecule has 28 heavy (non-hydrogen) atoms. The number of fused-ring (bicyclic) bond motifs is 1. The molecular weight excluding hydrogens is 396 g/mol. The summed E-state index contributed by atoms with van der Waals surface area (Å²) in [5, 5.41) is 1.18. The summed E-state index contributed by atoms with van der Waals surface area (Å²) in [7, 11) is 0.134. The SMILES string of the molecule is CC(C)c1ccc(S(=O)(=O)n2cc(OCCN(C)C)c3ccc(Cl)cc32)cc1. The van der Waals surface area contributed by atoms with Gasteiger partial charge < -0.3 is 9.64 Å². The number of rotatable bonds is 7. The second-order valence-electron chi connectivity index (χ2n) is 7.33. The molecule has 2 aromatic carbocycles. The van der Waals surface area contributed by atoms with Crippen LogP contribution in [0, 0.1) is 0 Å². The minimum Gasteiger partial charge on any atom is -0.490 e. The average Bonchev–Trinajstić information content (AvgIpc) is 3.00. The maximum Gasteiger partial charge on any atom is 0.268 e. The molecule has 0 aliphatic rings. The molecule has 0 fully saturated rings. The summed E-state index contributed by atoms with van der Waals surface area (Å²) in [6.45, 7) is 5.33. The molecule has 0 bridgehead atoms. The molecule has 0 N–H and O–H groups in total. The highest BCUT2D eigenvalue weighted by molar-refractivity contribution is 7.90. The van der Waals surface area contributed by atoms with Gasteiger partial charge in [-0.3, -0.25) is 0 Å². The summed E-state index contributed by atoms with van der Waals surface area (Å²) in [6, 6.07) is 12.2. The van der Waals surface area contributed by atoms with E-state index in [9.17, 15) is 8.42 Å². The topological polar surface area (TPSA) is 51.5 Å². The van der Waals surface area contributed by atoms with Gasteiger partial charge in [-0.05, 0) is 55.9 Å². The summed E-state index contributed by atoms with van der Waals surface area (Å²) >= 11 is 6.14. The lowest BCUT2D eigenvalue weighted by molar-refractivity contribution is 0.263. The van der Waals surface area contributed by atoms with Crippen molar-refractivity contribution < 1.29 is 13.2 Å². The Bertz CT molecular complexity index is 1070. The zero-order chi connectivity index (χ0) is 20.5. The first-order valence-electron chi connectivity index (χ1n) is 9.14. The van der Waals surface area contributed by atoms with E-state index in [1.807, 2.05) is 31.1 Å². The third-order valence-corrected chi connectivity index (χ3v) is 6.52. The molecule has 1 aromatic heterocycles. The summed E-state index contributed by atoms with van der Waals surface area (Å²) in [4.78, 5) is 2.23. The minimum atomic E-state index is -3.78. The van der Waals surface area contributed by atoms with E-state index in [1.165, 1.54) is 10.2 Å². The fourth-order valence-electron chi connectivity index (χ4n) is 2.93. The third-order valence-electron chi connectivity index (χ3n) is 4.60. The Hall–Kier alpha value is -2.02. The van der Waals surface area contributed by atoms with E-state index in [0.29, 0.717) is 34.2 Å². The number of likely N-dealkylation sites (N-methyl/N-ethyl adjacent to an activating group) is 1. The van der Waals surface area contributed by atoms with Crippen molar-refractivity contribution in [3.8, 4) is 5.75 Å². The van der Waals surface area contributed by atoms with Gasteiger partial charge in [0.2, 0.25) is 0 Å². The van der Waals surface area contributed by atoms with Crippen molar-refractivity contribution in [1.82, 2.24) is 8.87 Å². The molecule has 0 spiro atoms. The molecule has 3 aromatic rings. The predicted octanol–water partition coefficient (Wildman–Crippen LogP) is 4.60. The second kappa shape index (κ2) is 8.15. The van der Waals surface area contributed by atoms with Gasteiger partial charge in [-0.25, -0.2) is 12.4 Å². The normalized spacial score (nSPS) is 12.2. The summed E-state index contributed by atoms with van der Waals surface area (Å²) in [5.74, 6) is 0.857. The Morgan fingerprint density at radius 3 is 2.39 bits per heavy atom. The van der Waals surface area contributed by atoms with E-state index < -0.39 is 10.0 Å². The van der Waals surface area contributed by atoms with Gasteiger partial charge in [-0.2, -0.15) is 0 Å². The van der Waals surface area contributed by atoms with E-state index in [1.54, 1.807) is 30.3 Å². The quantitative estimate of drug-likeness (QED) is 0.560. The van der Waals surface area contributed by atoms with Crippen LogP contribution < -0.4 is 4.74 Å². The molecular formula is C21H25ClN2O3S. The second-order valence-corrected chi connectivity index (χ2v) is 9.58. The van der Waals surface area contributed by atoms with Gasteiger partial charge >= 0.3 is 0 Å². The van der Waals surface area contributed by atoms with Crippen LogP contribution in [0.4, 0.5) is 0 Å². The molecule has 3 rings (SSSR count). The molecule has 0 unspecified atom stereocenters. The third kappa shape index (κ3) is 4.19. The zero-order valence-electron chi connectivity index (χ0n) is 16.5. The van der Waals surface area contributed by atoms with Gasteiger partial charge in [0.15, 0.2) is 0 Å². The lowest BCUT2D eigenvalue weighted by Crippen LogP contribution is -2.19. The average molecular weight is 421 g/mol. The Morgan fingerprint density at radius 2 is 1.79 bits per heavy atom. The van der Waals surface area contributed by atoms with Crippen molar-refractivity contribution in [3.05, 3.63) is 59.2 Å². The standard InChI is InChI=1S/C21H25ClN2O3S/c1-15(2)16-5-8-18(9-6-16)28(25,26)24-14-21(27-12-11-23(3)4)19-10-7-17(22)13-20(19)24/h5-10,13-15H,11-12H2,1-4H3. The van der Waals surface area contributed by atoms with Gasteiger partial charge in [0.05, 0.1) is 16.6 Å². The van der Waals surface area contributed by atoms with Crippen LogP contribution in [-0.2, 0) is 10.0 Å². The smallest absolute Gasteiger partial charge is 0.268 e. The van der Waals surface area contributed by atoms with Crippen molar-refractivity contribution in [2.45, 2.75) is 24.7 Å². The van der Waals surface area contributed by atoms with Crippen LogP contribution in [0.25, 0.3) is 10.9 Å². The highest BCUT2D eigenvalue weighted by Crippen LogP contribution is 2.33. The summed E-state index contributed by atoms with van der Waals surface area (Å²) in [6.07, 6.45) is 1.53.